The van der Waals surface area contributed by atoms with E-state index in [1.807, 2.05) is 42.5 Å². The molecule has 1 aromatic heterocycles. The fraction of sp³-hybridized carbons (Fsp3) is 0.267. The molecular weight excluding hydrogens is 240 g/mol. The highest BCUT2D eigenvalue weighted by Gasteiger charge is 2.06. The molecule has 0 spiro atoms. The van der Waals surface area contributed by atoms with Crippen LogP contribution in [-0.4, -0.2) is 11.7 Å². The zero-order chi connectivity index (χ0) is 13.7. The van der Waals surface area contributed by atoms with Gasteiger partial charge in [0.05, 0.1) is 25.3 Å². The van der Waals surface area contributed by atoms with Crippen LogP contribution in [0.15, 0.2) is 40.8 Å². The van der Waals surface area contributed by atoms with Crippen molar-refractivity contribution >= 4 is 0 Å². The van der Waals surface area contributed by atoms with Gasteiger partial charge in [-0.05, 0) is 24.6 Å². The highest BCUT2D eigenvalue weighted by molar-refractivity contribution is 5.58. The first-order valence-electron chi connectivity index (χ1n) is 6.15. The standard InChI is InChI=1S/C15H16N2O2/c1-11(18)12-2-4-13(5-3-12)15-7-6-14(19-15)10-17-9-8-16/h2-7,11,17-18H,9-10H2,1H3/t11-/m0/s1. The molecule has 0 aliphatic heterocycles. The molecule has 1 aromatic carbocycles. The van der Waals surface area contributed by atoms with Crippen molar-refractivity contribution in [1.29, 1.82) is 5.26 Å². The van der Waals surface area contributed by atoms with E-state index in [0.717, 1.165) is 22.6 Å². The lowest BCUT2D eigenvalue weighted by Crippen LogP contribution is -2.12. The molecule has 0 aliphatic carbocycles. The molecule has 19 heavy (non-hydrogen) atoms. The maximum absolute atomic E-state index is 9.45. The van der Waals surface area contributed by atoms with Crippen LogP contribution in [0.3, 0.4) is 0 Å². The molecule has 2 N–H and O–H groups in total. The number of rotatable bonds is 5. The molecule has 0 unspecified atom stereocenters. The van der Waals surface area contributed by atoms with Crippen molar-refractivity contribution in [2.24, 2.45) is 0 Å². The van der Waals surface area contributed by atoms with E-state index in [4.69, 9.17) is 9.68 Å². The summed E-state index contributed by atoms with van der Waals surface area (Å²) in [5, 5.41) is 20.8. The molecule has 4 heteroatoms. The predicted molar refractivity (Wildman–Crippen MR) is 72.1 cm³/mol. The number of nitriles is 1. The molecule has 0 aliphatic rings. The van der Waals surface area contributed by atoms with Gasteiger partial charge in [0.2, 0.25) is 0 Å². The van der Waals surface area contributed by atoms with Crippen LogP contribution < -0.4 is 5.32 Å². The van der Waals surface area contributed by atoms with E-state index >= 15 is 0 Å². The van der Waals surface area contributed by atoms with Crippen LogP contribution in [0, 0.1) is 11.3 Å². The topological polar surface area (TPSA) is 69.2 Å². The van der Waals surface area contributed by atoms with Gasteiger partial charge in [-0.25, -0.2) is 0 Å². The highest BCUT2D eigenvalue weighted by atomic mass is 16.3. The van der Waals surface area contributed by atoms with E-state index in [1.165, 1.54) is 0 Å². The van der Waals surface area contributed by atoms with Crippen molar-refractivity contribution in [3.05, 3.63) is 47.7 Å². The summed E-state index contributed by atoms with van der Waals surface area (Å²) in [6.45, 7) is 2.58. The number of benzene rings is 1. The Balaban J connectivity index is 2.07. The lowest BCUT2D eigenvalue weighted by molar-refractivity contribution is 0.199. The van der Waals surface area contributed by atoms with Crippen LogP contribution >= 0.6 is 0 Å². The molecule has 0 saturated carbocycles. The lowest BCUT2D eigenvalue weighted by Gasteiger charge is -2.04. The van der Waals surface area contributed by atoms with E-state index in [-0.39, 0.29) is 0 Å². The Labute approximate surface area is 112 Å². The van der Waals surface area contributed by atoms with E-state index in [9.17, 15) is 5.11 Å². The van der Waals surface area contributed by atoms with Crippen molar-refractivity contribution in [2.45, 2.75) is 19.6 Å². The fourth-order valence-electron chi connectivity index (χ4n) is 1.80. The number of aliphatic hydroxyl groups excluding tert-OH is 1. The molecular formula is C15H16N2O2. The summed E-state index contributed by atoms with van der Waals surface area (Å²) in [4.78, 5) is 0. The molecule has 1 heterocycles. The molecule has 98 valence electrons. The second kappa shape index (κ2) is 6.19. The second-order valence-corrected chi connectivity index (χ2v) is 4.33. The minimum Gasteiger partial charge on any atom is -0.460 e. The Bertz CT molecular complexity index is 565. The van der Waals surface area contributed by atoms with Crippen molar-refractivity contribution < 1.29 is 9.52 Å². The van der Waals surface area contributed by atoms with Gasteiger partial charge < -0.3 is 9.52 Å². The molecule has 1 atom stereocenters. The zero-order valence-corrected chi connectivity index (χ0v) is 10.8. The number of furan rings is 1. The Kier molecular flexibility index (Phi) is 4.35. The predicted octanol–water partition coefficient (Wildman–Crippen LogP) is 2.61. The average molecular weight is 256 g/mol. The van der Waals surface area contributed by atoms with E-state index in [1.54, 1.807) is 6.92 Å². The summed E-state index contributed by atoms with van der Waals surface area (Å²) in [6.07, 6.45) is -0.462. The minimum absolute atomic E-state index is 0.305. The largest absolute Gasteiger partial charge is 0.460 e. The summed E-state index contributed by atoms with van der Waals surface area (Å²) < 4.78 is 5.68. The molecule has 0 fully saturated rings. The Morgan fingerprint density at radius 1 is 1.26 bits per heavy atom. The first kappa shape index (κ1) is 13.3. The molecule has 0 saturated heterocycles. The first-order chi connectivity index (χ1) is 9.20. The molecule has 2 rings (SSSR count). The van der Waals surface area contributed by atoms with Gasteiger partial charge in [-0.1, -0.05) is 24.3 Å². The number of nitrogens with one attached hydrogen (secondary N) is 1. The number of hydrogen-bond acceptors (Lipinski definition) is 4. The van der Waals surface area contributed by atoms with Crippen molar-refractivity contribution in [3.63, 3.8) is 0 Å². The normalized spacial score (nSPS) is 12.1. The molecule has 0 radical (unpaired) electrons. The third kappa shape index (κ3) is 3.44. The van der Waals surface area contributed by atoms with Gasteiger partial charge in [0, 0.05) is 5.56 Å². The summed E-state index contributed by atoms with van der Waals surface area (Å²) in [6, 6.07) is 13.4. The summed E-state index contributed by atoms with van der Waals surface area (Å²) >= 11 is 0. The van der Waals surface area contributed by atoms with Gasteiger partial charge in [-0.15, -0.1) is 0 Å². The summed E-state index contributed by atoms with van der Waals surface area (Å²) in [7, 11) is 0. The number of aliphatic hydroxyl groups is 1. The average Bonchev–Trinajstić information content (AvgIpc) is 2.88. The maximum atomic E-state index is 9.45. The van der Waals surface area contributed by atoms with Gasteiger partial charge in [0.1, 0.15) is 11.5 Å². The van der Waals surface area contributed by atoms with Crippen LogP contribution in [0.4, 0.5) is 0 Å². The van der Waals surface area contributed by atoms with Crippen molar-refractivity contribution in [1.82, 2.24) is 5.32 Å². The summed E-state index contributed by atoms with van der Waals surface area (Å²) in [5.41, 5.74) is 1.85. The smallest absolute Gasteiger partial charge is 0.134 e. The van der Waals surface area contributed by atoms with Crippen molar-refractivity contribution in [3.8, 4) is 17.4 Å². The van der Waals surface area contributed by atoms with Crippen LogP contribution in [0.2, 0.25) is 0 Å². The van der Waals surface area contributed by atoms with Gasteiger partial charge in [-0.2, -0.15) is 5.26 Å². The number of hydrogen-bond donors (Lipinski definition) is 2. The SMILES string of the molecule is C[C@H](O)c1ccc(-c2ccc(CNCC#N)o2)cc1. The Hall–Kier alpha value is -2.09. The Morgan fingerprint density at radius 3 is 2.63 bits per heavy atom. The second-order valence-electron chi connectivity index (χ2n) is 4.33. The third-order valence-corrected chi connectivity index (χ3v) is 2.84. The van der Waals surface area contributed by atoms with Gasteiger partial charge in [-0.3, -0.25) is 5.32 Å². The third-order valence-electron chi connectivity index (χ3n) is 2.84. The quantitative estimate of drug-likeness (QED) is 0.637. The van der Waals surface area contributed by atoms with Crippen molar-refractivity contribution in [2.75, 3.05) is 6.54 Å². The van der Waals surface area contributed by atoms with Crippen LogP contribution in [0.1, 0.15) is 24.4 Å². The Morgan fingerprint density at radius 2 is 2.00 bits per heavy atom. The lowest BCUT2D eigenvalue weighted by atomic mass is 10.1. The van der Waals surface area contributed by atoms with Gasteiger partial charge in [0.25, 0.3) is 0 Å². The van der Waals surface area contributed by atoms with E-state index in [0.29, 0.717) is 13.1 Å². The number of nitrogens with zero attached hydrogens (tertiary/aromatic N) is 1. The maximum Gasteiger partial charge on any atom is 0.134 e. The zero-order valence-electron chi connectivity index (χ0n) is 10.8. The monoisotopic (exact) mass is 256 g/mol. The van der Waals surface area contributed by atoms with Crippen LogP contribution in [-0.2, 0) is 6.54 Å². The van der Waals surface area contributed by atoms with Gasteiger partial charge >= 0.3 is 0 Å². The van der Waals surface area contributed by atoms with Gasteiger partial charge in [0.15, 0.2) is 0 Å². The highest BCUT2D eigenvalue weighted by Crippen LogP contribution is 2.24. The van der Waals surface area contributed by atoms with E-state index in [2.05, 4.69) is 5.32 Å². The molecule has 2 aromatic rings. The summed E-state index contributed by atoms with van der Waals surface area (Å²) in [5.74, 6) is 1.58. The molecule has 0 amide bonds. The minimum atomic E-state index is -0.462. The molecule has 0 bridgehead atoms. The van der Waals surface area contributed by atoms with E-state index < -0.39 is 6.10 Å². The fourth-order valence-corrected chi connectivity index (χ4v) is 1.80. The van der Waals surface area contributed by atoms with Crippen LogP contribution in [0.25, 0.3) is 11.3 Å². The van der Waals surface area contributed by atoms with Crippen LogP contribution in [0.5, 0.6) is 0 Å². The molecule has 4 nitrogen and oxygen atoms in total. The first-order valence-corrected chi connectivity index (χ1v) is 6.15.